The molecule has 3 nitrogen and oxygen atoms in total. The van der Waals surface area contributed by atoms with E-state index in [-0.39, 0.29) is 5.91 Å². The molecule has 0 aliphatic carbocycles. The summed E-state index contributed by atoms with van der Waals surface area (Å²) in [4.78, 5) is 13.6. The van der Waals surface area contributed by atoms with Crippen molar-refractivity contribution >= 4 is 5.91 Å². The van der Waals surface area contributed by atoms with Crippen LogP contribution in [0.3, 0.4) is 0 Å². The zero-order valence-electron chi connectivity index (χ0n) is 8.46. The molecule has 1 unspecified atom stereocenters. The molecular weight excluding hydrogens is 164 g/mol. The van der Waals surface area contributed by atoms with E-state index >= 15 is 0 Å². The minimum absolute atomic E-state index is 0.289. The van der Waals surface area contributed by atoms with Gasteiger partial charge in [0.25, 0.3) is 0 Å². The van der Waals surface area contributed by atoms with Gasteiger partial charge in [-0.3, -0.25) is 4.79 Å². The molecule has 1 saturated heterocycles. The Morgan fingerprint density at radius 3 is 2.54 bits per heavy atom. The van der Waals surface area contributed by atoms with Gasteiger partial charge in [-0.15, -0.1) is 0 Å². The van der Waals surface area contributed by atoms with Gasteiger partial charge in [0.2, 0.25) is 5.91 Å². The van der Waals surface area contributed by atoms with Crippen LogP contribution in [0, 0.1) is 5.92 Å². The fourth-order valence-electron chi connectivity index (χ4n) is 1.65. The van der Waals surface area contributed by atoms with Gasteiger partial charge in [0.05, 0.1) is 0 Å². The highest BCUT2D eigenvalue weighted by atomic mass is 16.2. The molecule has 0 radical (unpaired) electrons. The SMILES string of the molecule is CC(CN)CC(=O)N1CCCCC1. The van der Waals surface area contributed by atoms with Crippen molar-refractivity contribution < 1.29 is 4.79 Å². The zero-order valence-corrected chi connectivity index (χ0v) is 8.46. The maximum atomic E-state index is 11.6. The molecule has 3 heteroatoms. The predicted octanol–water partition coefficient (Wildman–Crippen LogP) is 0.984. The molecule has 76 valence electrons. The van der Waals surface area contributed by atoms with Gasteiger partial charge in [0, 0.05) is 19.5 Å². The first-order chi connectivity index (χ1) is 6.24. The molecule has 13 heavy (non-hydrogen) atoms. The van der Waals surface area contributed by atoms with Crippen LogP contribution in [0.2, 0.25) is 0 Å². The highest BCUT2D eigenvalue weighted by Gasteiger charge is 2.17. The average Bonchev–Trinajstić information content (AvgIpc) is 2.19. The van der Waals surface area contributed by atoms with Crippen LogP contribution in [0.1, 0.15) is 32.6 Å². The minimum Gasteiger partial charge on any atom is -0.343 e. The third kappa shape index (κ3) is 3.35. The normalized spacial score (nSPS) is 20.0. The number of hydrogen-bond acceptors (Lipinski definition) is 2. The summed E-state index contributed by atoms with van der Waals surface area (Å²) in [5.41, 5.74) is 5.48. The lowest BCUT2D eigenvalue weighted by Crippen LogP contribution is -2.37. The number of likely N-dealkylation sites (tertiary alicyclic amines) is 1. The Kier molecular flexibility index (Phi) is 4.22. The number of amides is 1. The quantitative estimate of drug-likeness (QED) is 0.711. The van der Waals surface area contributed by atoms with Gasteiger partial charge in [-0.05, 0) is 31.7 Å². The van der Waals surface area contributed by atoms with Gasteiger partial charge in [0.15, 0.2) is 0 Å². The summed E-state index contributed by atoms with van der Waals surface area (Å²) in [5.74, 6) is 0.618. The van der Waals surface area contributed by atoms with Crippen molar-refractivity contribution in [3.63, 3.8) is 0 Å². The minimum atomic E-state index is 0.289. The summed E-state index contributed by atoms with van der Waals surface area (Å²) >= 11 is 0. The monoisotopic (exact) mass is 184 g/mol. The van der Waals surface area contributed by atoms with Gasteiger partial charge in [-0.25, -0.2) is 0 Å². The van der Waals surface area contributed by atoms with Crippen LogP contribution in [0.4, 0.5) is 0 Å². The zero-order chi connectivity index (χ0) is 9.68. The van der Waals surface area contributed by atoms with Gasteiger partial charge >= 0.3 is 0 Å². The van der Waals surface area contributed by atoms with Crippen LogP contribution in [0.15, 0.2) is 0 Å². The second-order valence-electron chi connectivity index (χ2n) is 3.99. The maximum Gasteiger partial charge on any atom is 0.222 e. The van der Waals surface area contributed by atoms with E-state index in [0.717, 1.165) is 13.1 Å². The maximum absolute atomic E-state index is 11.6. The summed E-state index contributed by atoms with van der Waals surface area (Å²) in [7, 11) is 0. The summed E-state index contributed by atoms with van der Waals surface area (Å²) in [5, 5.41) is 0. The first kappa shape index (κ1) is 10.5. The Labute approximate surface area is 80.3 Å². The van der Waals surface area contributed by atoms with E-state index in [1.807, 2.05) is 11.8 Å². The lowest BCUT2D eigenvalue weighted by molar-refractivity contribution is -0.132. The van der Waals surface area contributed by atoms with Crippen LogP contribution in [-0.2, 0) is 4.79 Å². The Morgan fingerprint density at radius 1 is 1.38 bits per heavy atom. The molecule has 1 atom stereocenters. The van der Waals surface area contributed by atoms with Gasteiger partial charge in [0.1, 0.15) is 0 Å². The molecule has 1 heterocycles. The second-order valence-corrected chi connectivity index (χ2v) is 3.99. The molecule has 2 N–H and O–H groups in total. The molecule has 1 fully saturated rings. The van der Waals surface area contributed by atoms with E-state index < -0.39 is 0 Å². The molecular formula is C10H20N2O. The summed E-state index contributed by atoms with van der Waals surface area (Å²) < 4.78 is 0. The average molecular weight is 184 g/mol. The van der Waals surface area contributed by atoms with Crippen LogP contribution >= 0.6 is 0 Å². The molecule has 0 aromatic heterocycles. The molecule has 1 amide bonds. The smallest absolute Gasteiger partial charge is 0.222 e. The van der Waals surface area contributed by atoms with Gasteiger partial charge in [-0.1, -0.05) is 6.92 Å². The van der Waals surface area contributed by atoms with Crippen LogP contribution < -0.4 is 5.73 Å². The van der Waals surface area contributed by atoms with Crippen molar-refractivity contribution in [1.82, 2.24) is 4.90 Å². The lowest BCUT2D eigenvalue weighted by atomic mass is 10.1. The van der Waals surface area contributed by atoms with Crippen molar-refractivity contribution in [3.05, 3.63) is 0 Å². The Hall–Kier alpha value is -0.570. The number of nitrogens with zero attached hydrogens (tertiary/aromatic N) is 1. The molecule has 0 saturated carbocycles. The molecule has 1 aliphatic heterocycles. The first-order valence-corrected chi connectivity index (χ1v) is 5.22. The third-order valence-electron chi connectivity index (χ3n) is 2.63. The number of hydrogen-bond donors (Lipinski definition) is 1. The number of rotatable bonds is 3. The number of nitrogens with two attached hydrogens (primary N) is 1. The van der Waals surface area contributed by atoms with Crippen LogP contribution in [0.25, 0.3) is 0 Å². The van der Waals surface area contributed by atoms with E-state index in [1.165, 1.54) is 19.3 Å². The fourth-order valence-corrected chi connectivity index (χ4v) is 1.65. The first-order valence-electron chi connectivity index (χ1n) is 5.22. The van der Waals surface area contributed by atoms with Gasteiger partial charge < -0.3 is 10.6 Å². The number of carbonyl (C=O) groups is 1. The largest absolute Gasteiger partial charge is 0.343 e. The topological polar surface area (TPSA) is 46.3 Å². The molecule has 0 aromatic carbocycles. The van der Waals surface area contributed by atoms with E-state index in [4.69, 9.17) is 5.73 Å². The summed E-state index contributed by atoms with van der Waals surface area (Å²) in [6.07, 6.45) is 4.23. The third-order valence-corrected chi connectivity index (χ3v) is 2.63. The van der Waals surface area contributed by atoms with E-state index in [1.54, 1.807) is 0 Å². The lowest BCUT2D eigenvalue weighted by Gasteiger charge is -2.27. The van der Waals surface area contributed by atoms with Crippen molar-refractivity contribution in [2.24, 2.45) is 11.7 Å². The fraction of sp³-hybridized carbons (Fsp3) is 0.900. The van der Waals surface area contributed by atoms with Gasteiger partial charge in [-0.2, -0.15) is 0 Å². The molecule has 1 aliphatic rings. The molecule has 0 bridgehead atoms. The standard InChI is InChI=1S/C10H20N2O/c1-9(8-11)7-10(13)12-5-3-2-4-6-12/h9H,2-8,11H2,1H3. The number of piperidine rings is 1. The molecule has 0 spiro atoms. The Balaban J connectivity index is 2.29. The van der Waals surface area contributed by atoms with Crippen LogP contribution in [0.5, 0.6) is 0 Å². The van der Waals surface area contributed by atoms with Crippen molar-refractivity contribution in [2.45, 2.75) is 32.6 Å². The van der Waals surface area contributed by atoms with E-state index in [2.05, 4.69) is 0 Å². The van der Waals surface area contributed by atoms with Crippen molar-refractivity contribution in [2.75, 3.05) is 19.6 Å². The van der Waals surface area contributed by atoms with E-state index in [0.29, 0.717) is 18.9 Å². The molecule has 0 aromatic rings. The second kappa shape index (κ2) is 5.22. The Bertz CT molecular complexity index is 164. The summed E-state index contributed by atoms with van der Waals surface area (Å²) in [6.45, 7) is 4.55. The molecule has 1 rings (SSSR count). The van der Waals surface area contributed by atoms with Crippen LogP contribution in [-0.4, -0.2) is 30.4 Å². The summed E-state index contributed by atoms with van der Waals surface area (Å²) in [6, 6.07) is 0. The van der Waals surface area contributed by atoms with Crippen molar-refractivity contribution in [1.29, 1.82) is 0 Å². The van der Waals surface area contributed by atoms with Crippen molar-refractivity contribution in [3.8, 4) is 0 Å². The Morgan fingerprint density at radius 2 is 2.00 bits per heavy atom. The number of carbonyl (C=O) groups excluding carboxylic acids is 1. The highest BCUT2D eigenvalue weighted by Crippen LogP contribution is 2.11. The highest BCUT2D eigenvalue weighted by molar-refractivity contribution is 5.76. The predicted molar refractivity (Wildman–Crippen MR) is 53.3 cm³/mol. The van der Waals surface area contributed by atoms with E-state index in [9.17, 15) is 4.79 Å².